The van der Waals surface area contributed by atoms with Gasteiger partial charge in [-0.2, -0.15) is 10.5 Å². The van der Waals surface area contributed by atoms with Gasteiger partial charge in [0.05, 0.1) is 74.7 Å². The summed E-state index contributed by atoms with van der Waals surface area (Å²) in [7, 11) is 6.34. The number of carbonyl (C=O) groups excluding carboxylic acids is 1. The van der Waals surface area contributed by atoms with E-state index in [4.69, 9.17) is 33.4 Å². The average molecular weight is 921 g/mol. The Labute approximate surface area is 391 Å². The van der Waals surface area contributed by atoms with Gasteiger partial charge in [0.25, 0.3) is 0 Å². The highest BCUT2D eigenvalue weighted by Gasteiger charge is 2.26. The Bertz CT molecular complexity index is 2370. The quantitative estimate of drug-likeness (QED) is 0.0361. The molecule has 2 aromatic heterocycles. The van der Waals surface area contributed by atoms with E-state index in [0.29, 0.717) is 53.0 Å². The number of methoxy groups -OCH3 is 4. The minimum absolute atomic E-state index is 0.000850. The number of hydrogen-bond acceptors (Lipinski definition) is 15. The van der Waals surface area contributed by atoms with Crippen molar-refractivity contribution in [2.75, 3.05) is 90.6 Å². The van der Waals surface area contributed by atoms with Crippen LogP contribution >= 0.6 is 22.7 Å². The molecule has 15 heteroatoms. The zero-order valence-electron chi connectivity index (χ0n) is 38.3. The van der Waals surface area contributed by atoms with E-state index in [-0.39, 0.29) is 24.6 Å². The molecule has 0 bridgehead atoms. The van der Waals surface area contributed by atoms with Crippen molar-refractivity contribution < 1.29 is 33.2 Å². The van der Waals surface area contributed by atoms with Crippen molar-refractivity contribution in [3.63, 3.8) is 0 Å². The second-order valence-electron chi connectivity index (χ2n) is 15.6. The molecule has 13 nitrogen and oxygen atoms in total. The summed E-state index contributed by atoms with van der Waals surface area (Å²) >= 11 is 3.29. The van der Waals surface area contributed by atoms with Crippen LogP contribution in [0, 0.1) is 22.7 Å². The number of rotatable bonds is 20. The van der Waals surface area contributed by atoms with Crippen LogP contribution in [0.5, 0.6) is 23.0 Å². The molecule has 0 spiro atoms. The van der Waals surface area contributed by atoms with Gasteiger partial charge in [-0.25, -0.2) is 0 Å². The summed E-state index contributed by atoms with van der Waals surface area (Å²) in [6, 6.07) is 23.9. The maximum absolute atomic E-state index is 13.2. The summed E-state index contributed by atoms with van der Waals surface area (Å²) in [5, 5.41) is 22.2. The molecule has 0 aliphatic carbocycles. The molecule has 0 unspecified atom stereocenters. The van der Waals surface area contributed by atoms with Crippen LogP contribution in [0.15, 0.2) is 65.7 Å². The summed E-state index contributed by atoms with van der Waals surface area (Å²) < 4.78 is 34.2. The fraction of sp³-hybridized carbons (Fsp3) is 0.440. The molecular weight excluding hydrogens is 861 g/mol. The van der Waals surface area contributed by atoms with E-state index in [1.807, 2.05) is 48.6 Å². The van der Waals surface area contributed by atoms with E-state index in [2.05, 4.69) is 58.9 Å². The standard InChI is InChI=1S/C50H60N6O7S2/c1-7-54(8-2)28-23-53-47(62-39-19-24-55(25-20-39)48-16-11-41(64-48)29-37(33-51)35-9-13-43(58-3)45(31-35)60-5)15-18-50(57)63-40-21-26-56(27-22-40)49-17-12-42(65-49)30-38(34-52)36-10-14-44(59-4)46(32-36)61-6/h9-14,16-17,29-32,39-40H,7-8,15,18-28H2,1-6H3. The third-order valence-electron chi connectivity index (χ3n) is 11.7. The lowest BCUT2D eigenvalue weighted by molar-refractivity contribution is -0.149. The van der Waals surface area contributed by atoms with Gasteiger partial charge in [0.2, 0.25) is 0 Å². The Balaban J connectivity index is 0.986. The average Bonchev–Trinajstić information content (AvgIpc) is 4.03. The van der Waals surface area contributed by atoms with Gasteiger partial charge >= 0.3 is 5.97 Å². The second kappa shape index (κ2) is 24.3. The molecule has 0 saturated carbocycles. The molecule has 2 fully saturated rings. The number of thiophene rings is 2. The number of aliphatic imine (C=N–C) groups is 1. The number of allylic oxidation sites excluding steroid dienone is 2. The van der Waals surface area contributed by atoms with Crippen LogP contribution in [0.4, 0.5) is 10.0 Å². The van der Waals surface area contributed by atoms with Gasteiger partial charge in [-0.05, 0) is 97.0 Å². The van der Waals surface area contributed by atoms with Crippen LogP contribution in [0.25, 0.3) is 23.3 Å². The number of likely N-dealkylation sites (N-methyl/N-ethyl adjacent to an activating group) is 1. The molecule has 0 N–H and O–H groups in total. The first kappa shape index (κ1) is 48.5. The number of ether oxygens (including phenoxy) is 6. The third kappa shape index (κ3) is 13.3. The Morgan fingerprint density at radius 1 is 0.677 bits per heavy atom. The lowest BCUT2D eigenvalue weighted by Gasteiger charge is -2.33. The van der Waals surface area contributed by atoms with Gasteiger partial charge < -0.3 is 43.1 Å². The number of anilines is 2. The van der Waals surface area contributed by atoms with Crippen molar-refractivity contribution in [1.29, 1.82) is 10.5 Å². The highest BCUT2D eigenvalue weighted by molar-refractivity contribution is 7.17. The summed E-state index contributed by atoms with van der Waals surface area (Å²) in [6.07, 6.45) is 7.41. The van der Waals surface area contributed by atoms with E-state index in [0.717, 1.165) is 102 Å². The van der Waals surface area contributed by atoms with Crippen molar-refractivity contribution >= 4 is 67.8 Å². The number of nitriles is 2. The van der Waals surface area contributed by atoms with Crippen LogP contribution in [-0.4, -0.2) is 110 Å². The van der Waals surface area contributed by atoms with Gasteiger partial charge in [0.1, 0.15) is 12.2 Å². The lowest BCUT2D eigenvalue weighted by Crippen LogP contribution is -2.38. The van der Waals surface area contributed by atoms with Gasteiger partial charge in [-0.15, -0.1) is 22.7 Å². The van der Waals surface area contributed by atoms with Crippen molar-refractivity contribution in [2.45, 2.75) is 64.6 Å². The number of carbonyl (C=O) groups is 1. The molecule has 4 heterocycles. The lowest BCUT2D eigenvalue weighted by atomic mass is 10.1. The minimum Gasteiger partial charge on any atom is -0.493 e. The molecule has 0 radical (unpaired) electrons. The third-order valence-corrected chi connectivity index (χ3v) is 13.9. The van der Waals surface area contributed by atoms with E-state index in [9.17, 15) is 15.3 Å². The largest absolute Gasteiger partial charge is 0.493 e. The minimum atomic E-state index is -0.228. The zero-order chi connectivity index (χ0) is 46.1. The van der Waals surface area contributed by atoms with E-state index in [1.165, 1.54) is 0 Å². The highest BCUT2D eigenvalue weighted by atomic mass is 32.1. The number of hydrogen-bond donors (Lipinski definition) is 0. The van der Waals surface area contributed by atoms with Crippen LogP contribution in [0.2, 0.25) is 0 Å². The molecular formula is C50H60N6O7S2. The zero-order valence-corrected chi connectivity index (χ0v) is 40.0. The van der Waals surface area contributed by atoms with Gasteiger partial charge in [0.15, 0.2) is 28.9 Å². The molecule has 0 amide bonds. The number of esters is 1. The van der Waals surface area contributed by atoms with Crippen molar-refractivity contribution in [3.05, 3.63) is 81.5 Å². The first-order valence-corrected chi connectivity index (χ1v) is 23.8. The smallest absolute Gasteiger partial charge is 0.306 e. The molecule has 65 heavy (non-hydrogen) atoms. The van der Waals surface area contributed by atoms with Crippen LogP contribution in [0.1, 0.15) is 73.3 Å². The topological polar surface area (TPSA) is 142 Å². The number of benzene rings is 2. The van der Waals surface area contributed by atoms with Crippen LogP contribution < -0.4 is 28.7 Å². The maximum atomic E-state index is 13.2. The Kier molecular flexibility index (Phi) is 18.1. The molecule has 6 rings (SSSR count). The van der Waals surface area contributed by atoms with Crippen molar-refractivity contribution in [1.82, 2.24) is 4.90 Å². The normalized spacial score (nSPS) is 15.4. The highest BCUT2D eigenvalue weighted by Crippen LogP contribution is 2.36. The summed E-state index contributed by atoms with van der Waals surface area (Å²) in [6.45, 7) is 10.8. The molecule has 2 saturated heterocycles. The Morgan fingerprint density at radius 2 is 1.14 bits per heavy atom. The van der Waals surface area contributed by atoms with Gasteiger partial charge in [-0.3, -0.25) is 9.79 Å². The monoisotopic (exact) mass is 920 g/mol. The van der Waals surface area contributed by atoms with Crippen LogP contribution in [-0.2, 0) is 14.3 Å². The predicted octanol–water partition coefficient (Wildman–Crippen LogP) is 9.69. The van der Waals surface area contributed by atoms with Gasteiger partial charge in [0, 0.05) is 74.6 Å². The second-order valence-corrected chi connectivity index (χ2v) is 17.8. The number of nitrogens with zero attached hydrogens (tertiary/aromatic N) is 6. The molecule has 4 aromatic rings. The van der Waals surface area contributed by atoms with E-state index < -0.39 is 0 Å². The summed E-state index contributed by atoms with van der Waals surface area (Å²) in [4.78, 5) is 27.1. The molecule has 2 aliphatic heterocycles. The fourth-order valence-corrected chi connectivity index (χ4v) is 9.90. The van der Waals surface area contributed by atoms with E-state index >= 15 is 0 Å². The molecule has 2 aromatic carbocycles. The summed E-state index contributed by atoms with van der Waals surface area (Å²) in [5.41, 5.74) is 2.61. The molecule has 0 atom stereocenters. The Hall–Kier alpha value is -6.00. The first-order chi connectivity index (χ1) is 31.7. The van der Waals surface area contributed by atoms with Gasteiger partial charge in [-0.1, -0.05) is 13.8 Å². The van der Waals surface area contributed by atoms with Crippen LogP contribution in [0.3, 0.4) is 0 Å². The first-order valence-electron chi connectivity index (χ1n) is 22.2. The van der Waals surface area contributed by atoms with Crippen molar-refractivity contribution in [2.24, 2.45) is 4.99 Å². The maximum Gasteiger partial charge on any atom is 0.306 e. The predicted molar refractivity (Wildman–Crippen MR) is 262 cm³/mol. The SMILES string of the molecule is CCN(CC)CCN=C(CCC(=O)OC1CCN(c2ccc(C=C(C#N)c3ccc(OC)c(OC)c3)s2)CC1)OC1CCN(c2ccc(C=C(C#N)c3ccc(OC)c(OC)c3)s2)CC1. The molecule has 2 aliphatic rings. The summed E-state index contributed by atoms with van der Waals surface area (Å²) in [5.74, 6) is 2.77. The van der Waals surface area contributed by atoms with E-state index in [1.54, 1.807) is 57.2 Å². The fourth-order valence-electron chi connectivity index (χ4n) is 7.90. The number of piperidine rings is 2. The Morgan fingerprint density at radius 3 is 1.57 bits per heavy atom. The van der Waals surface area contributed by atoms with Crippen molar-refractivity contribution in [3.8, 4) is 35.1 Å². The molecule has 344 valence electrons.